The zero-order valence-corrected chi connectivity index (χ0v) is 47.9. The number of anilines is 6. The number of azo groups is 1. The van der Waals surface area contributed by atoms with Gasteiger partial charge in [-0.05, 0) is 84.2 Å². The monoisotopic (exact) mass is 1070 g/mol. The number of benzene rings is 5. The summed E-state index contributed by atoms with van der Waals surface area (Å²) in [6.45, 7) is -0.962. The van der Waals surface area contributed by atoms with Gasteiger partial charge >= 0.3 is 118 Å². The first-order valence-corrected chi connectivity index (χ1v) is 24.4. The number of fused-ring (bicyclic) bond motifs is 1. The molecule has 0 fully saturated rings. The third-order valence-corrected chi connectivity index (χ3v) is 13.0. The minimum Gasteiger partial charge on any atom is -0.744 e. The molecule has 6 rings (SSSR count). The Kier molecular flexibility index (Phi) is 22.5. The van der Waals surface area contributed by atoms with Gasteiger partial charge in [0.25, 0.3) is 0 Å². The summed E-state index contributed by atoms with van der Waals surface area (Å²) in [5.74, 6) is -2.74. The molecule has 0 unspecified atom stereocenters. The first kappa shape index (κ1) is 61.6. The van der Waals surface area contributed by atoms with Crippen molar-refractivity contribution in [2.24, 2.45) is 10.2 Å². The van der Waals surface area contributed by atoms with Gasteiger partial charge in [-0.25, -0.2) is 42.1 Å². The Morgan fingerprint density at radius 3 is 1.60 bits per heavy atom. The predicted octanol–water partition coefficient (Wildman–Crippen LogP) is -8.64. The fourth-order valence-corrected chi connectivity index (χ4v) is 8.83. The van der Waals surface area contributed by atoms with Crippen molar-refractivity contribution in [2.75, 3.05) is 35.4 Å². The van der Waals surface area contributed by atoms with Gasteiger partial charge in [0.15, 0.2) is 15.6 Å². The molecule has 1 heterocycles. The SMILES string of the molecule is COc1ccc(N=Nc2c(S(=O)(=O)[O-])cc3cc(Nc4nc(Nc5cccc(S(=O)(=O)[O-])c5)nc(Nc5cccc(S(=O)(=O)CCOS(=O)(=O)[O-])c5)n4)ccc3c2O)c(S(=O)(=O)[O-])c1.[Na+].[Na+].[Na+].[Na+]. The summed E-state index contributed by atoms with van der Waals surface area (Å²) in [7, 11) is -23.7. The minimum atomic E-state index is -5.45. The molecule has 0 saturated heterocycles. The van der Waals surface area contributed by atoms with Crippen molar-refractivity contribution in [2.45, 2.75) is 19.6 Å². The van der Waals surface area contributed by atoms with E-state index in [1.165, 1.54) is 61.7 Å². The summed E-state index contributed by atoms with van der Waals surface area (Å²) in [6, 6.07) is 17.3. The number of sulfone groups is 1. The van der Waals surface area contributed by atoms with E-state index in [2.05, 4.69) is 45.3 Å². The summed E-state index contributed by atoms with van der Waals surface area (Å²) in [4.78, 5) is 9.74. The quantitative estimate of drug-likeness (QED) is 0.0285. The van der Waals surface area contributed by atoms with E-state index in [1.54, 1.807) is 0 Å². The van der Waals surface area contributed by atoms with E-state index in [-0.39, 0.29) is 175 Å². The maximum atomic E-state index is 12.9. The van der Waals surface area contributed by atoms with Crippen LogP contribution >= 0.6 is 0 Å². The molecule has 0 aliphatic rings. The standard InChI is InChI=1S/C34H30N8O17S5.4Na/c1-58-23-9-11-27(28(18-23)62(49,50)51)41-42-30-29(63(52,53)54)15-19-14-22(8-10-26(19)31(30)43)37-34-39-32(38-33(40-34)36-21-5-3-7-25(17-21)61(46,47)48)35-20-4-2-6-24(16-20)60(44,45)13-12-59-64(55,56)57;;;;/h2-11,14-18,43H,12-13H2,1H3,(H,46,47,48)(H,49,50,51)(H,52,53,54)(H,55,56,57)(H3,35,36,37,38,39,40);;;;/q;4*+1/p-4. The maximum Gasteiger partial charge on any atom is 1.00 e. The second-order valence-electron chi connectivity index (χ2n) is 12.7. The van der Waals surface area contributed by atoms with E-state index in [0.29, 0.717) is 0 Å². The Balaban J connectivity index is 0.00000397. The molecule has 68 heavy (non-hydrogen) atoms. The van der Waals surface area contributed by atoms with E-state index in [1.807, 2.05) is 0 Å². The van der Waals surface area contributed by atoms with Gasteiger partial charge in [-0.2, -0.15) is 15.0 Å². The molecule has 34 heteroatoms. The summed E-state index contributed by atoms with van der Waals surface area (Å²) >= 11 is 0. The van der Waals surface area contributed by atoms with Gasteiger partial charge in [-0.1, -0.05) is 12.1 Å². The van der Waals surface area contributed by atoms with Crippen LogP contribution in [0.15, 0.2) is 121 Å². The predicted molar refractivity (Wildman–Crippen MR) is 217 cm³/mol. The molecule has 1 aromatic heterocycles. The molecule has 0 atom stereocenters. The van der Waals surface area contributed by atoms with Gasteiger partial charge in [0.1, 0.15) is 47.5 Å². The molecule has 0 spiro atoms. The molecule has 0 aliphatic heterocycles. The van der Waals surface area contributed by atoms with Crippen LogP contribution in [0.2, 0.25) is 0 Å². The van der Waals surface area contributed by atoms with Crippen LogP contribution in [0.5, 0.6) is 11.5 Å². The summed E-state index contributed by atoms with van der Waals surface area (Å²) < 4.78 is 175. The van der Waals surface area contributed by atoms with Crippen molar-refractivity contribution in [1.29, 1.82) is 0 Å². The Labute approximate surface area is 476 Å². The smallest absolute Gasteiger partial charge is 0.744 e. The molecule has 0 amide bonds. The average Bonchev–Trinajstić information content (AvgIpc) is 3.19. The van der Waals surface area contributed by atoms with Gasteiger partial charge in [0.05, 0.1) is 39.1 Å². The number of hydrogen-bond acceptors (Lipinski definition) is 25. The maximum absolute atomic E-state index is 12.9. The van der Waals surface area contributed by atoms with Crippen molar-refractivity contribution in [3.8, 4) is 11.5 Å². The second-order valence-corrected chi connectivity index (χ2v) is 19.9. The normalized spacial score (nSPS) is 11.9. The number of phenols is 1. The molecule has 25 nitrogen and oxygen atoms in total. The Bertz CT molecular complexity index is 3450. The van der Waals surface area contributed by atoms with E-state index in [4.69, 9.17) is 4.74 Å². The number of aromatic nitrogens is 3. The fourth-order valence-electron chi connectivity index (χ4n) is 5.52. The van der Waals surface area contributed by atoms with E-state index >= 15 is 0 Å². The van der Waals surface area contributed by atoms with Crippen molar-refractivity contribution in [3.63, 3.8) is 0 Å². The van der Waals surface area contributed by atoms with Crippen LogP contribution in [0, 0.1) is 0 Å². The van der Waals surface area contributed by atoms with Crippen molar-refractivity contribution in [3.05, 3.63) is 91.0 Å². The van der Waals surface area contributed by atoms with Crippen molar-refractivity contribution in [1.82, 2.24) is 15.0 Å². The Morgan fingerprint density at radius 1 is 0.588 bits per heavy atom. The molecular weight excluding hydrogens is 1040 g/mol. The van der Waals surface area contributed by atoms with Crippen LogP contribution in [0.4, 0.5) is 46.3 Å². The van der Waals surface area contributed by atoms with Gasteiger partial charge < -0.3 is 44.0 Å². The number of nitrogens with one attached hydrogen (secondary N) is 3. The van der Waals surface area contributed by atoms with Crippen LogP contribution in [0.25, 0.3) is 10.8 Å². The number of nitrogens with zero attached hydrogens (tertiary/aromatic N) is 5. The van der Waals surface area contributed by atoms with Gasteiger partial charge in [0, 0.05) is 22.4 Å². The largest absolute Gasteiger partial charge is 1.00 e. The van der Waals surface area contributed by atoms with E-state index in [0.717, 1.165) is 36.4 Å². The van der Waals surface area contributed by atoms with Crippen LogP contribution in [0.1, 0.15) is 0 Å². The molecular formula is C34H26N8Na4O17S5. The first-order chi connectivity index (χ1) is 29.8. The van der Waals surface area contributed by atoms with Gasteiger partial charge in [0.2, 0.25) is 28.2 Å². The fraction of sp³-hybridized carbons (Fsp3) is 0.0882. The Hall–Kier alpha value is -2.48. The topological polar surface area (TPSA) is 401 Å². The van der Waals surface area contributed by atoms with Gasteiger partial charge in [-0.15, -0.1) is 10.2 Å². The van der Waals surface area contributed by atoms with Crippen molar-refractivity contribution < 1.29 is 193 Å². The molecule has 0 saturated carbocycles. The Morgan fingerprint density at radius 2 is 1.10 bits per heavy atom. The molecule has 0 aliphatic carbocycles. The summed E-state index contributed by atoms with van der Waals surface area (Å²) in [5, 5.41) is 26.5. The summed E-state index contributed by atoms with van der Waals surface area (Å²) in [5.41, 5.74) is -1.36. The summed E-state index contributed by atoms with van der Waals surface area (Å²) in [6.07, 6.45) is 0. The van der Waals surface area contributed by atoms with Gasteiger partial charge in [-0.3, -0.25) is 4.18 Å². The zero-order valence-electron chi connectivity index (χ0n) is 35.8. The van der Waals surface area contributed by atoms with Crippen LogP contribution < -0.4 is 139 Å². The molecule has 5 aromatic carbocycles. The number of hydrogen-bond donors (Lipinski definition) is 4. The molecule has 338 valence electrons. The zero-order chi connectivity index (χ0) is 46.8. The first-order valence-electron chi connectivity index (χ1n) is 17.2. The number of methoxy groups -OCH3 is 1. The van der Waals surface area contributed by atoms with Crippen LogP contribution in [0.3, 0.4) is 0 Å². The average molecular weight is 1070 g/mol. The number of rotatable bonds is 17. The van der Waals surface area contributed by atoms with Crippen LogP contribution in [-0.4, -0.2) is 99.8 Å². The molecule has 0 bridgehead atoms. The third kappa shape index (κ3) is 16.5. The minimum absolute atomic E-state index is 0. The van der Waals surface area contributed by atoms with Crippen molar-refractivity contribution >= 4 is 108 Å². The number of ether oxygens (including phenoxy) is 1. The third-order valence-electron chi connectivity index (χ3n) is 8.31. The van der Waals surface area contributed by atoms with E-state index < -0.39 is 94.8 Å². The molecule has 4 N–H and O–H groups in total. The van der Waals surface area contributed by atoms with Crippen LogP contribution in [-0.2, 0) is 54.8 Å². The molecule has 0 radical (unpaired) electrons. The second kappa shape index (κ2) is 24.8. The molecule has 6 aromatic rings. The number of phenolic OH excluding ortho intramolecular Hbond substituents is 1. The van der Waals surface area contributed by atoms with E-state index in [9.17, 15) is 65.4 Å². The number of aromatic hydroxyl groups is 1.